The SMILES string of the molecule is CC(O)Oc1ccccc1.O=C(O)CN(CCN(CC(=O)O)CC(=O)O)CC(=O)O.[NaH].[NaH].[NaH].[NaH]. The molecule has 0 amide bonds. The van der Waals surface area contributed by atoms with Crippen LogP contribution in [0.2, 0.25) is 0 Å². The van der Waals surface area contributed by atoms with E-state index < -0.39 is 56.3 Å². The number of carboxylic acids is 4. The van der Waals surface area contributed by atoms with E-state index in [9.17, 15) is 19.2 Å². The minimum absolute atomic E-state index is 0. The van der Waals surface area contributed by atoms with E-state index in [0.29, 0.717) is 5.75 Å². The number of carboxylic acid groups (broad SMARTS) is 4. The van der Waals surface area contributed by atoms with Crippen LogP contribution in [0.5, 0.6) is 5.75 Å². The summed E-state index contributed by atoms with van der Waals surface area (Å²) >= 11 is 0. The average Bonchev–Trinajstić information content (AvgIpc) is 2.58. The molecule has 0 aromatic heterocycles. The Bertz CT molecular complexity index is 631. The van der Waals surface area contributed by atoms with Crippen molar-refractivity contribution >= 4 is 142 Å². The van der Waals surface area contributed by atoms with Crippen LogP contribution >= 0.6 is 0 Å². The van der Waals surface area contributed by atoms with Gasteiger partial charge in [0.25, 0.3) is 0 Å². The molecule has 1 aromatic carbocycles. The van der Waals surface area contributed by atoms with Crippen LogP contribution in [-0.4, -0.2) is 223 Å². The van der Waals surface area contributed by atoms with Gasteiger partial charge in [0.05, 0.1) is 26.2 Å². The molecule has 1 rings (SSSR count). The van der Waals surface area contributed by atoms with Crippen LogP contribution in [0.3, 0.4) is 0 Å². The van der Waals surface area contributed by atoms with Crippen molar-refractivity contribution < 1.29 is 49.4 Å². The van der Waals surface area contributed by atoms with Gasteiger partial charge in [-0.1, -0.05) is 18.2 Å². The van der Waals surface area contributed by atoms with Crippen LogP contribution in [-0.2, 0) is 19.2 Å². The molecule has 0 heterocycles. The topological polar surface area (TPSA) is 185 Å². The van der Waals surface area contributed by atoms with Gasteiger partial charge in [-0.2, -0.15) is 0 Å². The zero-order chi connectivity index (χ0) is 23.1. The number of nitrogens with zero attached hydrogens (tertiary/aromatic N) is 2. The summed E-state index contributed by atoms with van der Waals surface area (Å²) in [5, 5.41) is 43.2. The van der Waals surface area contributed by atoms with E-state index in [-0.39, 0.29) is 131 Å². The summed E-state index contributed by atoms with van der Waals surface area (Å²) in [6, 6.07) is 9.21. The monoisotopic (exact) mass is 526 g/mol. The van der Waals surface area contributed by atoms with Crippen molar-refractivity contribution in [3.05, 3.63) is 30.3 Å². The van der Waals surface area contributed by atoms with Crippen molar-refractivity contribution in [3.63, 3.8) is 0 Å². The fraction of sp³-hybridized carbons (Fsp3) is 0.444. The Kier molecular flexibility index (Phi) is 35.3. The van der Waals surface area contributed by atoms with Crippen molar-refractivity contribution in [2.24, 2.45) is 0 Å². The van der Waals surface area contributed by atoms with Gasteiger partial charge in [-0.25, -0.2) is 0 Å². The predicted octanol–water partition coefficient (Wildman–Crippen LogP) is -3.26. The van der Waals surface area contributed by atoms with E-state index >= 15 is 0 Å². The van der Waals surface area contributed by atoms with Crippen LogP contribution in [0.25, 0.3) is 0 Å². The first-order valence-electron chi connectivity index (χ1n) is 8.71. The van der Waals surface area contributed by atoms with E-state index in [1.165, 1.54) is 0 Å². The molecule has 0 aliphatic rings. The molecule has 1 atom stereocenters. The molecule has 0 saturated heterocycles. The minimum atomic E-state index is -1.23. The summed E-state index contributed by atoms with van der Waals surface area (Å²) in [4.78, 5) is 44.4. The van der Waals surface area contributed by atoms with Gasteiger partial charge in [0.15, 0.2) is 6.29 Å². The van der Waals surface area contributed by atoms with Crippen molar-refractivity contribution in [1.82, 2.24) is 9.80 Å². The number of carbonyl (C=O) groups is 4. The molecule has 0 saturated carbocycles. The summed E-state index contributed by atoms with van der Waals surface area (Å²) < 4.78 is 4.97. The molecule has 1 unspecified atom stereocenters. The number of hydrogen-bond acceptors (Lipinski definition) is 8. The van der Waals surface area contributed by atoms with E-state index in [4.69, 9.17) is 30.3 Å². The van der Waals surface area contributed by atoms with Crippen LogP contribution in [0.15, 0.2) is 30.3 Å². The van der Waals surface area contributed by atoms with Gasteiger partial charge in [0.2, 0.25) is 0 Å². The Hall–Kier alpha value is 0.780. The second-order valence-corrected chi connectivity index (χ2v) is 6.03. The van der Waals surface area contributed by atoms with Gasteiger partial charge in [0, 0.05) is 13.1 Å². The van der Waals surface area contributed by atoms with Gasteiger partial charge in [-0.15, -0.1) is 0 Å². The molecule has 0 spiro atoms. The first-order chi connectivity index (χ1) is 14.0. The molecule has 1 aromatic rings. The zero-order valence-electron chi connectivity index (χ0n) is 16.4. The maximum absolute atomic E-state index is 10.6. The molecule has 176 valence electrons. The summed E-state index contributed by atoms with van der Waals surface area (Å²) in [7, 11) is 0. The third-order valence-corrected chi connectivity index (χ3v) is 3.22. The fourth-order valence-corrected chi connectivity index (χ4v) is 2.17. The van der Waals surface area contributed by atoms with Crippen molar-refractivity contribution in [3.8, 4) is 5.75 Å². The van der Waals surface area contributed by atoms with E-state index in [1.54, 1.807) is 19.1 Å². The first kappa shape index (κ1) is 44.8. The molecular formula is C18H30N2Na4O10. The van der Waals surface area contributed by atoms with Gasteiger partial charge in [-0.3, -0.25) is 29.0 Å². The molecule has 0 aliphatic heterocycles. The third-order valence-electron chi connectivity index (χ3n) is 3.22. The van der Waals surface area contributed by atoms with Crippen LogP contribution in [0, 0.1) is 0 Å². The molecule has 0 fully saturated rings. The molecule has 0 radical (unpaired) electrons. The molecule has 5 N–H and O–H groups in total. The van der Waals surface area contributed by atoms with E-state index in [2.05, 4.69) is 0 Å². The van der Waals surface area contributed by atoms with E-state index in [0.717, 1.165) is 9.80 Å². The van der Waals surface area contributed by atoms with Gasteiger partial charge in [0.1, 0.15) is 5.75 Å². The number of aliphatic carboxylic acids is 4. The number of para-hydroxylation sites is 1. The number of rotatable bonds is 13. The van der Waals surface area contributed by atoms with Crippen LogP contribution in [0.4, 0.5) is 0 Å². The fourth-order valence-electron chi connectivity index (χ4n) is 2.17. The Balaban J connectivity index is -0.000000171. The molecule has 12 nitrogen and oxygen atoms in total. The summed E-state index contributed by atoms with van der Waals surface area (Å²) in [5.74, 6) is -4.22. The number of hydrogen-bond donors (Lipinski definition) is 5. The van der Waals surface area contributed by atoms with Gasteiger partial charge >= 0.3 is 142 Å². The normalized spacial score (nSPS) is 10.0. The van der Waals surface area contributed by atoms with Gasteiger partial charge in [-0.05, 0) is 19.1 Å². The van der Waals surface area contributed by atoms with Crippen molar-refractivity contribution in [1.29, 1.82) is 0 Å². The number of benzene rings is 1. The zero-order valence-corrected chi connectivity index (χ0v) is 16.4. The molecule has 34 heavy (non-hydrogen) atoms. The summed E-state index contributed by atoms with van der Waals surface area (Å²) in [6.45, 7) is -0.674. The quantitative estimate of drug-likeness (QED) is 0.128. The Morgan fingerprint density at radius 1 is 0.706 bits per heavy atom. The van der Waals surface area contributed by atoms with E-state index in [1.807, 2.05) is 18.2 Å². The van der Waals surface area contributed by atoms with Gasteiger partial charge < -0.3 is 30.3 Å². The molecule has 16 heteroatoms. The maximum atomic E-state index is 10.6. The Labute approximate surface area is 286 Å². The second-order valence-electron chi connectivity index (χ2n) is 6.03. The number of aliphatic hydroxyl groups is 1. The average molecular weight is 526 g/mol. The molecule has 0 aliphatic carbocycles. The summed E-state index contributed by atoms with van der Waals surface area (Å²) in [6.07, 6.45) is -0.734. The number of ether oxygens (including phenoxy) is 1. The standard InChI is InChI=1S/C10H16N2O8.C8H10O2.4Na.4H/c13-7(14)3-11(4-8(15)16)1-2-12(5-9(17)18)6-10(19)20;1-7(9)10-8-5-3-2-4-6-8;;;;;;;;/h1-6H2,(H,13,14)(H,15,16)(H,17,18)(H,19,20);2-7,9H,1H3;;;;;;;;. The Morgan fingerprint density at radius 2 is 1.00 bits per heavy atom. The molecular weight excluding hydrogens is 496 g/mol. The second kappa shape index (κ2) is 26.8. The Morgan fingerprint density at radius 3 is 1.24 bits per heavy atom. The van der Waals surface area contributed by atoms with Crippen molar-refractivity contribution in [2.75, 3.05) is 39.3 Å². The number of aliphatic hydroxyl groups excluding tert-OH is 1. The third kappa shape index (κ3) is 29.0. The van der Waals surface area contributed by atoms with Crippen molar-refractivity contribution in [2.45, 2.75) is 13.2 Å². The molecule has 0 bridgehead atoms. The summed E-state index contributed by atoms with van der Waals surface area (Å²) in [5.41, 5.74) is 0. The predicted molar refractivity (Wildman–Crippen MR) is 131 cm³/mol. The first-order valence-corrected chi connectivity index (χ1v) is 8.71. The van der Waals surface area contributed by atoms with Crippen LogP contribution < -0.4 is 4.74 Å². The van der Waals surface area contributed by atoms with Crippen LogP contribution in [0.1, 0.15) is 6.92 Å².